The Morgan fingerprint density at radius 1 is 0.826 bits per heavy atom. The van der Waals surface area contributed by atoms with Gasteiger partial charge in [0.2, 0.25) is 0 Å². The Labute approximate surface area is 126 Å². The van der Waals surface area contributed by atoms with Crippen LogP contribution in [0.1, 0.15) is 5.56 Å². The maximum atomic E-state index is 13.5. The SMILES string of the molecule is C=C(c1ccccc1)[S@](=O)C(F)(F)C(F)(F)C(F)(F)C(F)(F)F. The van der Waals surface area contributed by atoms with E-state index in [0.717, 1.165) is 12.1 Å². The quantitative estimate of drug-likeness (QED) is 0.679. The number of alkyl halides is 9. The van der Waals surface area contributed by atoms with Gasteiger partial charge < -0.3 is 0 Å². The molecule has 0 N–H and O–H groups in total. The highest BCUT2D eigenvalue weighted by Crippen LogP contribution is 2.55. The zero-order chi connectivity index (χ0) is 18.3. The summed E-state index contributed by atoms with van der Waals surface area (Å²) in [7, 11) is -4.23. The lowest BCUT2D eigenvalue weighted by atomic mass is 10.1. The molecule has 0 amide bonds. The Kier molecular flexibility index (Phi) is 4.96. The van der Waals surface area contributed by atoms with Crippen LogP contribution in [0.3, 0.4) is 0 Å². The first-order valence-electron chi connectivity index (χ1n) is 5.54. The number of benzene rings is 1. The van der Waals surface area contributed by atoms with Crippen molar-refractivity contribution in [1.82, 2.24) is 0 Å². The maximum Gasteiger partial charge on any atom is 0.460 e. The van der Waals surface area contributed by atoms with Gasteiger partial charge in [-0.2, -0.15) is 39.5 Å². The van der Waals surface area contributed by atoms with Crippen molar-refractivity contribution in [1.29, 1.82) is 0 Å². The number of halogens is 9. The smallest absolute Gasteiger partial charge is 0.248 e. The fourth-order valence-corrected chi connectivity index (χ4v) is 2.38. The van der Waals surface area contributed by atoms with Crippen LogP contribution in [0.4, 0.5) is 39.5 Å². The molecule has 0 aliphatic rings. The summed E-state index contributed by atoms with van der Waals surface area (Å²) < 4.78 is 126. The molecule has 0 spiro atoms. The third-order valence-electron chi connectivity index (χ3n) is 2.67. The molecule has 1 nitrogen and oxygen atoms in total. The summed E-state index contributed by atoms with van der Waals surface area (Å²) in [5.74, 6) is -14.0. The van der Waals surface area contributed by atoms with E-state index in [1.807, 2.05) is 0 Å². The third kappa shape index (κ3) is 3.10. The van der Waals surface area contributed by atoms with E-state index in [4.69, 9.17) is 0 Å². The molecule has 1 rings (SSSR count). The molecule has 130 valence electrons. The molecule has 0 saturated heterocycles. The van der Waals surface area contributed by atoms with E-state index in [1.165, 1.54) is 18.2 Å². The van der Waals surface area contributed by atoms with Crippen molar-refractivity contribution in [3.8, 4) is 0 Å². The van der Waals surface area contributed by atoms with Crippen LogP contribution in [0, 0.1) is 0 Å². The summed E-state index contributed by atoms with van der Waals surface area (Å²) in [4.78, 5) is -1.21. The highest BCUT2D eigenvalue weighted by molar-refractivity contribution is 7.95. The first-order valence-corrected chi connectivity index (χ1v) is 6.69. The van der Waals surface area contributed by atoms with E-state index < -0.39 is 39.0 Å². The largest absolute Gasteiger partial charge is 0.460 e. The van der Waals surface area contributed by atoms with Crippen molar-refractivity contribution < 1.29 is 43.7 Å². The number of hydrogen-bond donors (Lipinski definition) is 0. The summed E-state index contributed by atoms with van der Waals surface area (Å²) in [5.41, 5.74) is -0.378. The van der Waals surface area contributed by atoms with Crippen molar-refractivity contribution in [2.24, 2.45) is 0 Å². The summed E-state index contributed by atoms with van der Waals surface area (Å²) in [6.07, 6.45) is -6.96. The number of hydrogen-bond acceptors (Lipinski definition) is 1. The van der Waals surface area contributed by atoms with Crippen LogP contribution in [0.5, 0.6) is 0 Å². The molecule has 0 aromatic heterocycles. The fourth-order valence-electron chi connectivity index (χ4n) is 1.36. The monoisotopic (exact) mass is 370 g/mol. The van der Waals surface area contributed by atoms with Gasteiger partial charge in [-0.15, -0.1) is 0 Å². The zero-order valence-corrected chi connectivity index (χ0v) is 11.6. The normalized spacial score (nSPS) is 15.3. The molecule has 0 aliphatic carbocycles. The predicted molar refractivity (Wildman–Crippen MR) is 64.5 cm³/mol. The van der Waals surface area contributed by atoms with Crippen LogP contribution in [0.2, 0.25) is 0 Å². The van der Waals surface area contributed by atoms with Crippen molar-refractivity contribution in [2.75, 3.05) is 0 Å². The van der Waals surface area contributed by atoms with Gasteiger partial charge in [-0.25, -0.2) is 4.21 Å². The Balaban J connectivity index is 3.29. The third-order valence-corrected chi connectivity index (χ3v) is 4.07. The van der Waals surface area contributed by atoms with Gasteiger partial charge in [0.1, 0.15) is 10.8 Å². The molecule has 11 heteroatoms. The van der Waals surface area contributed by atoms with E-state index in [2.05, 4.69) is 6.58 Å². The molecule has 1 aromatic carbocycles. The molecule has 0 bridgehead atoms. The molecule has 1 atom stereocenters. The minimum atomic E-state index is -7.09. The van der Waals surface area contributed by atoms with Crippen LogP contribution in [0.25, 0.3) is 4.91 Å². The second-order valence-electron chi connectivity index (χ2n) is 4.22. The van der Waals surface area contributed by atoms with E-state index in [1.54, 1.807) is 0 Å². The number of rotatable bonds is 5. The van der Waals surface area contributed by atoms with Crippen LogP contribution in [-0.2, 0) is 10.8 Å². The molecule has 0 fully saturated rings. The van der Waals surface area contributed by atoms with Gasteiger partial charge in [-0.1, -0.05) is 36.9 Å². The van der Waals surface area contributed by atoms with Gasteiger partial charge in [0, 0.05) is 4.91 Å². The molecule has 23 heavy (non-hydrogen) atoms. The van der Waals surface area contributed by atoms with Crippen molar-refractivity contribution in [3.05, 3.63) is 42.5 Å². The Morgan fingerprint density at radius 2 is 1.26 bits per heavy atom. The van der Waals surface area contributed by atoms with Gasteiger partial charge in [-0.3, -0.25) is 0 Å². The van der Waals surface area contributed by atoms with Crippen LogP contribution >= 0.6 is 0 Å². The Bertz CT molecular complexity index is 607. The molecule has 0 unspecified atom stereocenters. The molecule has 0 saturated carbocycles. The van der Waals surface area contributed by atoms with Gasteiger partial charge >= 0.3 is 23.3 Å². The lowest BCUT2D eigenvalue weighted by molar-refractivity contribution is -0.381. The van der Waals surface area contributed by atoms with Crippen molar-refractivity contribution >= 4 is 15.7 Å². The lowest BCUT2D eigenvalue weighted by Gasteiger charge is -2.33. The van der Waals surface area contributed by atoms with Crippen molar-refractivity contribution in [3.63, 3.8) is 0 Å². The molecule has 0 heterocycles. The summed E-state index contributed by atoms with van der Waals surface area (Å²) >= 11 is 0. The first-order chi connectivity index (χ1) is 10.2. The first kappa shape index (κ1) is 19.5. The molecular weight excluding hydrogens is 363 g/mol. The average Bonchev–Trinajstić information content (AvgIpc) is 2.44. The van der Waals surface area contributed by atoms with Crippen LogP contribution in [0.15, 0.2) is 36.9 Å². The Morgan fingerprint density at radius 3 is 1.65 bits per heavy atom. The Hall–Kier alpha value is -1.52. The van der Waals surface area contributed by atoms with Crippen LogP contribution < -0.4 is 0 Å². The highest BCUT2D eigenvalue weighted by atomic mass is 32.2. The maximum absolute atomic E-state index is 13.5. The minimum absolute atomic E-state index is 0.378. The summed E-state index contributed by atoms with van der Waals surface area (Å²) in [6.45, 7) is 2.81. The summed E-state index contributed by atoms with van der Waals surface area (Å²) in [6, 6.07) is 5.77. The van der Waals surface area contributed by atoms with E-state index in [0.29, 0.717) is 0 Å². The molecule has 1 aromatic rings. The molecular formula is C12H7F9OS. The fraction of sp³-hybridized carbons (Fsp3) is 0.333. The molecule has 0 radical (unpaired) electrons. The van der Waals surface area contributed by atoms with E-state index in [9.17, 15) is 43.7 Å². The topological polar surface area (TPSA) is 17.1 Å². The molecule has 0 aliphatic heterocycles. The van der Waals surface area contributed by atoms with Crippen molar-refractivity contribution in [2.45, 2.75) is 23.3 Å². The van der Waals surface area contributed by atoms with Gasteiger partial charge in [-0.05, 0) is 5.56 Å². The van der Waals surface area contributed by atoms with E-state index in [-0.39, 0.29) is 5.56 Å². The second kappa shape index (κ2) is 5.84. The van der Waals surface area contributed by atoms with Gasteiger partial charge in [0.05, 0.1) is 0 Å². The summed E-state index contributed by atoms with van der Waals surface area (Å²) in [5, 5.41) is -6.21. The van der Waals surface area contributed by atoms with Gasteiger partial charge in [0.25, 0.3) is 0 Å². The lowest BCUT2D eigenvalue weighted by Crippen LogP contribution is -2.62. The average molecular weight is 370 g/mol. The predicted octanol–water partition coefficient (Wildman–Crippen LogP) is 4.83. The van der Waals surface area contributed by atoms with Crippen LogP contribution in [-0.4, -0.2) is 27.5 Å². The standard InChI is InChI=1S/C12H7F9OS/c1-7(8-5-3-2-4-6-8)23(22)12(20,21)10(15,16)9(13,14)11(17,18)19/h2-6H,1H2/t23-/m0/s1. The highest BCUT2D eigenvalue weighted by Gasteiger charge is 2.83. The zero-order valence-electron chi connectivity index (χ0n) is 10.8. The minimum Gasteiger partial charge on any atom is -0.248 e. The van der Waals surface area contributed by atoms with Gasteiger partial charge in [0.15, 0.2) is 0 Å². The van der Waals surface area contributed by atoms with E-state index >= 15 is 0 Å². The second-order valence-corrected chi connectivity index (χ2v) is 5.76.